The molecule has 0 N–H and O–H groups in total. The van der Waals surface area contributed by atoms with E-state index in [1.165, 1.54) is 7.11 Å². The molecule has 78 valence electrons. The van der Waals surface area contributed by atoms with E-state index in [2.05, 4.69) is 0 Å². The number of benzene rings is 1. The molecule has 0 atom stereocenters. The van der Waals surface area contributed by atoms with Gasteiger partial charge < -0.3 is 9.47 Å². The number of methoxy groups -OCH3 is 1. The highest BCUT2D eigenvalue weighted by Gasteiger charge is 2.11. The zero-order valence-electron chi connectivity index (χ0n) is 8.14. The summed E-state index contributed by atoms with van der Waals surface area (Å²) in [4.78, 5) is 0. The van der Waals surface area contributed by atoms with E-state index < -0.39 is 0 Å². The van der Waals surface area contributed by atoms with Gasteiger partial charge in [0.25, 0.3) is 0 Å². The van der Waals surface area contributed by atoms with Gasteiger partial charge in [-0.15, -0.1) is 0 Å². The fourth-order valence-electron chi connectivity index (χ4n) is 1.03. The Bertz CT molecular complexity index is 313. The Kier molecular flexibility index (Phi) is 4.36. The van der Waals surface area contributed by atoms with E-state index in [1.807, 2.05) is 6.92 Å². The number of hydrogen-bond donors (Lipinski definition) is 0. The maximum atomic E-state index is 5.94. The third-order valence-corrected chi connectivity index (χ3v) is 2.47. The molecular weight excluding hydrogens is 223 g/mol. The van der Waals surface area contributed by atoms with Crippen molar-refractivity contribution in [3.8, 4) is 11.5 Å². The van der Waals surface area contributed by atoms with Crippen molar-refractivity contribution in [1.82, 2.24) is 0 Å². The predicted molar refractivity (Wildman–Crippen MR) is 58.8 cm³/mol. The highest BCUT2D eigenvalue weighted by molar-refractivity contribution is 6.43. The summed E-state index contributed by atoms with van der Waals surface area (Å²) in [5, 5.41) is 0.857. The van der Waals surface area contributed by atoms with E-state index in [4.69, 9.17) is 32.7 Å². The Hall–Kier alpha value is -0.600. The van der Waals surface area contributed by atoms with Gasteiger partial charge in [0, 0.05) is 0 Å². The molecule has 0 fully saturated rings. The molecule has 0 aliphatic rings. The average Bonchev–Trinajstić information content (AvgIpc) is 2.20. The maximum absolute atomic E-state index is 5.94. The predicted octanol–water partition coefficient (Wildman–Crippen LogP) is 3.79. The van der Waals surface area contributed by atoms with Gasteiger partial charge in [-0.3, -0.25) is 0 Å². The standard InChI is InChI=1S/C10H12Cl2O2/c1-3-6-14-8-5-4-7(11)9(12)10(8)13-2/h4-5H,3,6H2,1-2H3. The van der Waals surface area contributed by atoms with Crippen LogP contribution in [0.4, 0.5) is 0 Å². The lowest BCUT2D eigenvalue weighted by atomic mass is 10.3. The van der Waals surface area contributed by atoms with Crippen molar-refractivity contribution in [2.24, 2.45) is 0 Å². The molecule has 1 aromatic rings. The molecule has 0 saturated carbocycles. The van der Waals surface area contributed by atoms with E-state index in [0.717, 1.165) is 6.42 Å². The van der Waals surface area contributed by atoms with Crippen LogP contribution >= 0.6 is 23.2 Å². The average molecular weight is 235 g/mol. The van der Waals surface area contributed by atoms with Crippen molar-refractivity contribution in [3.05, 3.63) is 22.2 Å². The molecule has 0 unspecified atom stereocenters. The van der Waals surface area contributed by atoms with E-state index in [-0.39, 0.29) is 0 Å². The SMILES string of the molecule is CCCOc1ccc(Cl)c(Cl)c1OC. The fraction of sp³-hybridized carbons (Fsp3) is 0.400. The van der Waals surface area contributed by atoms with Crippen LogP contribution in [0, 0.1) is 0 Å². The molecule has 0 aliphatic heterocycles. The number of ether oxygens (including phenoxy) is 2. The second-order valence-electron chi connectivity index (χ2n) is 2.74. The molecule has 14 heavy (non-hydrogen) atoms. The molecule has 0 heterocycles. The Morgan fingerprint density at radius 3 is 2.57 bits per heavy atom. The van der Waals surface area contributed by atoms with Gasteiger partial charge in [0.1, 0.15) is 5.02 Å². The van der Waals surface area contributed by atoms with Gasteiger partial charge >= 0.3 is 0 Å². The van der Waals surface area contributed by atoms with Gasteiger partial charge in [0.05, 0.1) is 18.7 Å². The number of halogens is 2. The smallest absolute Gasteiger partial charge is 0.180 e. The second kappa shape index (κ2) is 5.32. The van der Waals surface area contributed by atoms with Gasteiger partial charge in [-0.2, -0.15) is 0 Å². The van der Waals surface area contributed by atoms with Gasteiger partial charge in [-0.1, -0.05) is 30.1 Å². The van der Waals surface area contributed by atoms with E-state index >= 15 is 0 Å². The molecule has 0 amide bonds. The molecule has 1 aromatic carbocycles. The first-order valence-corrected chi connectivity index (χ1v) is 5.11. The van der Waals surface area contributed by atoms with Crippen molar-refractivity contribution in [2.75, 3.05) is 13.7 Å². The van der Waals surface area contributed by atoms with Crippen LogP contribution in [-0.2, 0) is 0 Å². The first kappa shape index (κ1) is 11.5. The van der Waals surface area contributed by atoms with Gasteiger partial charge in [-0.25, -0.2) is 0 Å². The Balaban J connectivity index is 2.98. The highest BCUT2D eigenvalue weighted by Crippen LogP contribution is 2.39. The maximum Gasteiger partial charge on any atom is 0.180 e. The summed E-state index contributed by atoms with van der Waals surface area (Å²) in [5.41, 5.74) is 0. The summed E-state index contributed by atoms with van der Waals surface area (Å²) >= 11 is 11.8. The highest BCUT2D eigenvalue weighted by atomic mass is 35.5. The quantitative estimate of drug-likeness (QED) is 0.790. The molecular formula is C10H12Cl2O2. The molecule has 2 nitrogen and oxygen atoms in total. The Morgan fingerprint density at radius 1 is 1.29 bits per heavy atom. The lowest BCUT2D eigenvalue weighted by molar-refractivity contribution is 0.294. The van der Waals surface area contributed by atoms with Crippen molar-refractivity contribution in [2.45, 2.75) is 13.3 Å². The summed E-state index contributed by atoms with van der Waals surface area (Å²) in [6.07, 6.45) is 0.934. The van der Waals surface area contributed by atoms with Crippen molar-refractivity contribution in [3.63, 3.8) is 0 Å². The van der Waals surface area contributed by atoms with E-state index in [1.54, 1.807) is 12.1 Å². The van der Waals surface area contributed by atoms with Crippen molar-refractivity contribution >= 4 is 23.2 Å². The minimum absolute atomic E-state index is 0.391. The third-order valence-electron chi connectivity index (χ3n) is 1.68. The first-order chi connectivity index (χ1) is 6.70. The molecule has 0 bridgehead atoms. The number of hydrogen-bond acceptors (Lipinski definition) is 2. The largest absolute Gasteiger partial charge is 0.491 e. The van der Waals surface area contributed by atoms with Crippen LogP contribution in [0.3, 0.4) is 0 Å². The fourth-order valence-corrected chi connectivity index (χ4v) is 1.41. The van der Waals surface area contributed by atoms with Crippen LogP contribution < -0.4 is 9.47 Å². The van der Waals surface area contributed by atoms with Gasteiger partial charge in [0.2, 0.25) is 0 Å². The first-order valence-electron chi connectivity index (χ1n) is 4.35. The van der Waals surface area contributed by atoms with Gasteiger partial charge in [-0.05, 0) is 18.6 Å². The summed E-state index contributed by atoms with van der Waals surface area (Å²) < 4.78 is 10.6. The van der Waals surface area contributed by atoms with Crippen molar-refractivity contribution in [1.29, 1.82) is 0 Å². The van der Waals surface area contributed by atoms with Crippen LogP contribution in [0.2, 0.25) is 10.0 Å². The monoisotopic (exact) mass is 234 g/mol. The molecule has 4 heteroatoms. The Morgan fingerprint density at radius 2 is 2.00 bits per heavy atom. The lowest BCUT2D eigenvalue weighted by Crippen LogP contribution is -1.98. The molecule has 1 rings (SSSR count). The third kappa shape index (κ3) is 2.46. The van der Waals surface area contributed by atoms with Crippen LogP contribution in [-0.4, -0.2) is 13.7 Å². The summed E-state index contributed by atoms with van der Waals surface area (Å²) in [7, 11) is 1.54. The zero-order valence-corrected chi connectivity index (χ0v) is 9.65. The molecule has 0 aromatic heterocycles. The normalized spacial score (nSPS) is 10.0. The molecule has 0 spiro atoms. The zero-order chi connectivity index (χ0) is 10.6. The second-order valence-corrected chi connectivity index (χ2v) is 3.53. The van der Waals surface area contributed by atoms with Crippen LogP contribution in [0.1, 0.15) is 13.3 Å². The van der Waals surface area contributed by atoms with Crippen molar-refractivity contribution < 1.29 is 9.47 Å². The summed E-state index contributed by atoms with van der Waals surface area (Å²) in [6, 6.07) is 3.44. The minimum Gasteiger partial charge on any atom is -0.491 e. The summed E-state index contributed by atoms with van der Waals surface area (Å²) in [6.45, 7) is 2.67. The Labute approximate surface area is 93.7 Å². The topological polar surface area (TPSA) is 18.5 Å². The lowest BCUT2D eigenvalue weighted by Gasteiger charge is -2.11. The van der Waals surface area contributed by atoms with E-state index in [0.29, 0.717) is 28.2 Å². The van der Waals surface area contributed by atoms with E-state index in [9.17, 15) is 0 Å². The van der Waals surface area contributed by atoms with Crippen LogP contribution in [0.15, 0.2) is 12.1 Å². The molecule has 0 radical (unpaired) electrons. The summed E-state index contributed by atoms with van der Waals surface area (Å²) in [5.74, 6) is 1.12. The minimum atomic E-state index is 0.391. The van der Waals surface area contributed by atoms with Crippen LogP contribution in [0.25, 0.3) is 0 Å². The van der Waals surface area contributed by atoms with Crippen LogP contribution in [0.5, 0.6) is 11.5 Å². The van der Waals surface area contributed by atoms with Gasteiger partial charge in [0.15, 0.2) is 11.5 Å². The number of rotatable bonds is 4. The molecule has 0 aliphatic carbocycles. The molecule has 0 saturated heterocycles.